The van der Waals surface area contributed by atoms with E-state index in [0.29, 0.717) is 18.2 Å². The first-order valence-electron chi connectivity index (χ1n) is 9.74. The number of aryl methyl sites for hydroxylation is 1. The van der Waals surface area contributed by atoms with E-state index < -0.39 is 0 Å². The summed E-state index contributed by atoms with van der Waals surface area (Å²) < 4.78 is 1.61. The predicted molar refractivity (Wildman–Crippen MR) is 109 cm³/mol. The molecular formula is C22H25N5O. The first-order valence-corrected chi connectivity index (χ1v) is 9.74. The number of amides is 1. The van der Waals surface area contributed by atoms with Gasteiger partial charge in [-0.1, -0.05) is 47.7 Å². The molecule has 0 unspecified atom stereocenters. The molecule has 1 aromatic heterocycles. The molecule has 0 aliphatic carbocycles. The summed E-state index contributed by atoms with van der Waals surface area (Å²) in [6.07, 6.45) is 2.83. The molecule has 0 radical (unpaired) electrons. The van der Waals surface area contributed by atoms with Crippen molar-refractivity contribution in [3.63, 3.8) is 0 Å². The molecule has 1 fully saturated rings. The lowest BCUT2D eigenvalue weighted by Gasteiger charge is -2.17. The zero-order chi connectivity index (χ0) is 19.3. The Balaban J connectivity index is 1.26. The Bertz CT molecular complexity index is 937. The highest BCUT2D eigenvalue weighted by Gasteiger charge is 2.24. The van der Waals surface area contributed by atoms with E-state index in [0.717, 1.165) is 25.3 Å². The Labute approximate surface area is 165 Å². The third-order valence-corrected chi connectivity index (χ3v) is 5.36. The second-order valence-corrected chi connectivity index (χ2v) is 7.28. The van der Waals surface area contributed by atoms with Gasteiger partial charge in [0.25, 0.3) is 5.91 Å². The smallest absolute Gasteiger partial charge is 0.273 e. The molecule has 1 saturated heterocycles. The number of nitrogens with one attached hydrogen (secondary N) is 1. The Morgan fingerprint density at radius 3 is 2.75 bits per heavy atom. The third kappa shape index (κ3) is 4.12. The maximum absolute atomic E-state index is 12.3. The summed E-state index contributed by atoms with van der Waals surface area (Å²) in [5.74, 6) is 0.402. The van der Waals surface area contributed by atoms with Crippen molar-refractivity contribution in [2.45, 2.75) is 19.3 Å². The SMILES string of the molecule is Cc1ccccc1[C@@H]1CCN(CCNC(=O)c2cn(-c3ccccc3)nn2)C1. The van der Waals surface area contributed by atoms with Crippen LogP contribution in [-0.4, -0.2) is 52.0 Å². The molecule has 2 heterocycles. The van der Waals surface area contributed by atoms with Crippen LogP contribution < -0.4 is 5.32 Å². The van der Waals surface area contributed by atoms with E-state index in [-0.39, 0.29) is 5.91 Å². The average molecular weight is 375 g/mol. The fourth-order valence-electron chi connectivity index (χ4n) is 3.83. The minimum absolute atomic E-state index is 0.183. The fourth-order valence-corrected chi connectivity index (χ4v) is 3.83. The second kappa shape index (κ2) is 8.35. The van der Waals surface area contributed by atoms with Crippen molar-refractivity contribution in [1.29, 1.82) is 0 Å². The summed E-state index contributed by atoms with van der Waals surface area (Å²) in [6.45, 7) is 5.75. The Hall–Kier alpha value is -2.99. The molecule has 1 aliphatic heterocycles. The normalized spacial score (nSPS) is 17.0. The van der Waals surface area contributed by atoms with E-state index in [4.69, 9.17) is 0 Å². The van der Waals surface area contributed by atoms with Crippen molar-refractivity contribution in [2.24, 2.45) is 0 Å². The summed E-state index contributed by atoms with van der Waals surface area (Å²) in [5, 5.41) is 11.0. The van der Waals surface area contributed by atoms with Gasteiger partial charge < -0.3 is 10.2 Å². The van der Waals surface area contributed by atoms with Gasteiger partial charge in [0.15, 0.2) is 5.69 Å². The van der Waals surface area contributed by atoms with Crippen LogP contribution in [0.2, 0.25) is 0 Å². The van der Waals surface area contributed by atoms with Crippen molar-refractivity contribution >= 4 is 5.91 Å². The summed E-state index contributed by atoms with van der Waals surface area (Å²) in [4.78, 5) is 14.8. The molecule has 1 aliphatic rings. The first kappa shape index (κ1) is 18.4. The number of carbonyl (C=O) groups is 1. The topological polar surface area (TPSA) is 63.1 Å². The number of hydrogen-bond acceptors (Lipinski definition) is 4. The number of aromatic nitrogens is 3. The number of carbonyl (C=O) groups excluding carboxylic acids is 1. The molecule has 144 valence electrons. The second-order valence-electron chi connectivity index (χ2n) is 7.28. The summed E-state index contributed by atoms with van der Waals surface area (Å²) in [5.41, 5.74) is 4.03. The van der Waals surface area contributed by atoms with Crippen LogP contribution in [-0.2, 0) is 0 Å². The lowest BCUT2D eigenvalue weighted by atomic mass is 9.94. The highest BCUT2D eigenvalue weighted by Crippen LogP contribution is 2.28. The van der Waals surface area contributed by atoms with Crippen LogP contribution in [0.25, 0.3) is 5.69 Å². The monoisotopic (exact) mass is 375 g/mol. The third-order valence-electron chi connectivity index (χ3n) is 5.36. The number of rotatable bonds is 6. The number of nitrogens with zero attached hydrogens (tertiary/aromatic N) is 4. The van der Waals surface area contributed by atoms with Gasteiger partial charge in [-0.05, 0) is 49.1 Å². The molecular weight excluding hydrogens is 350 g/mol. The van der Waals surface area contributed by atoms with Gasteiger partial charge in [0.05, 0.1) is 11.9 Å². The molecule has 28 heavy (non-hydrogen) atoms. The zero-order valence-electron chi connectivity index (χ0n) is 16.1. The lowest BCUT2D eigenvalue weighted by molar-refractivity contribution is 0.0944. The van der Waals surface area contributed by atoms with Gasteiger partial charge in [-0.15, -0.1) is 5.10 Å². The predicted octanol–water partition coefficient (Wildman–Crippen LogP) is 2.80. The zero-order valence-corrected chi connectivity index (χ0v) is 16.1. The minimum Gasteiger partial charge on any atom is -0.349 e. The van der Waals surface area contributed by atoms with E-state index in [1.807, 2.05) is 30.3 Å². The highest BCUT2D eigenvalue weighted by atomic mass is 16.2. The van der Waals surface area contributed by atoms with Gasteiger partial charge in [-0.3, -0.25) is 4.79 Å². The molecule has 1 atom stereocenters. The van der Waals surface area contributed by atoms with Crippen LogP contribution in [0.15, 0.2) is 60.8 Å². The van der Waals surface area contributed by atoms with Crippen molar-refractivity contribution in [1.82, 2.24) is 25.2 Å². The number of likely N-dealkylation sites (tertiary alicyclic amines) is 1. The van der Waals surface area contributed by atoms with E-state index in [1.54, 1.807) is 10.9 Å². The molecule has 0 bridgehead atoms. The van der Waals surface area contributed by atoms with Gasteiger partial charge in [-0.25, -0.2) is 4.68 Å². The van der Waals surface area contributed by atoms with Gasteiger partial charge in [-0.2, -0.15) is 0 Å². The average Bonchev–Trinajstić information content (AvgIpc) is 3.39. The number of para-hydroxylation sites is 1. The van der Waals surface area contributed by atoms with Crippen LogP contribution in [0.1, 0.15) is 34.0 Å². The van der Waals surface area contributed by atoms with Crippen LogP contribution in [0, 0.1) is 6.92 Å². The standard InChI is InChI=1S/C22H25N5O/c1-17-7-5-6-10-20(17)18-11-13-26(15-18)14-12-23-22(28)21-16-27(25-24-21)19-8-3-2-4-9-19/h2-10,16,18H,11-15H2,1H3,(H,23,28)/t18-/m1/s1. The largest absolute Gasteiger partial charge is 0.349 e. The van der Waals surface area contributed by atoms with Gasteiger partial charge in [0, 0.05) is 19.6 Å². The van der Waals surface area contributed by atoms with Gasteiger partial charge in [0.1, 0.15) is 0 Å². The van der Waals surface area contributed by atoms with Crippen molar-refractivity contribution < 1.29 is 4.79 Å². The first-order chi connectivity index (χ1) is 13.7. The maximum Gasteiger partial charge on any atom is 0.273 e. The summed E-state index contributed by atoms with van der Waals surface area (Å²) in [6, 6.07) is 18.3. The van der Waals surface area contributed by atoms with Crippen LogP contribution in [0.4, 0.5) is 0 Å². The molecule has 1 N–H and O–H groups in total. The quantitative estimate of drug-likeness (QED) is 0.720. The molecule has 0 spiro atoms. The van der Waals surface area contributed by atoms with Crippen LogP contribution in [0.3, 0.4) is 0 Å². The molecule has 6 heteroatoms. The summed E-state index contributed by atoms with van der Waals surface area (Å²) >= 11 is 0. The summed E-state index contributed by atoms with van der Waals surface area (Å²) in [7, 11) is 0. The van der Waals surface area contributed by atoms with Crippen LogP contribution in [0.5, 0.6) is 0 Å². The van der Waals surface area contributed by atoms with E-state index >= 15 is 0 Å². The van der Waals surface area contributed by atoms with E-state index in [9.17, 15) is 4.79 Å². The Morgan fingerprint density at radius 1 is 1.14 bits per heavy atom. The molecule has 0 saturated carbocycles. The van der Waals surface area contributed by atoms with Gasteiger partial charge >= 0.3 is 0 Å². The molecule has 6 nitrogen and oxygen atoms in total. The molecule has 2 aromatic carbocycles. The van der Waals surface area contributed by atoms with Crippen molar-refractivity contribution in [3.05, 3.63) is 77.6 Å². The number of hydrogen-bond donors (Lipinski definition) is 1. The molecule has 3 aromatic rings. The molecule has 1 amide bonds. The fraction of sp³-hybridized carbons (Fsp3) is 0.318. The number of benzene rings is 2. The molecule has 4 rings (SSSR count). The highest BCUT2D eigenvalue weighted by molar-refractivity contribution is 5.91. The van der Waals surface area contributed by atoms with Crippen molar-refractivity contribution in [2.75, 3.05) is 26.2 Å². The van der Waals surface area contributed by atoms with E-state index in [1.165, 1.54) is 17.5 Å². The maximum atomic E-state index is 12.3. The minimum atomic E-state index is -0.183. The Morgan fingerprint density at radius 2 is 1.93 bits per heavy atom. The van der Waals surface area contributed by atoms with E-state index in [2.05, 4.69) is 51.7 Å². The Kier molecular flexibility index (Phi) is 5.48. The van der Waals surface area contributed by atoms with Gasteiger partial charge in [0.2, 0.25) is 0 Å². The lowest BCUT2D eigenvalue weighted by Crippen LogP contribution is -2.34. The van der Waals surface area contributed by atoms with Crippen molar-refractivity contribution in [3.8, 4) is 5.69 Å². The van der Waals surface area contributed by atoms with Crippen LogP contribution >= 0.6 is 0 Å².